The van der Waals surface area contributed by atoms with Gasteiger partial charge in [-0.1, -0.05) is 60.7 Å². The smallest absolute Gasteiger partial charge is 0.221 e. The maximum absolute atomic E-state index is 11.3. The van der Waals surface area contributed by atoms with Crippen molar-refractivity contribution < 1.29 is 4.79 Å². The van der Waals surface area contributed by atoms with Gasteiger partial charge in [-0.2, -0.15) is 5.10 Å². The topological polar surface area (TPSA) is 53.8 Å². The summed E-state index contributed by atoms with van der Waals surface area (Å²) >= 11 is 0. The Morgan fingerprint density at radius 2 is 1.37 bits per heavy atom. The molecule has 4 nitrogen and oxygen atoms in total. The van der Waals surface area contributed by atoms with Crippen LogP contribution in [0.2, 0.25) is 0 Å². The summed E-state index contributed by atoms with van der Waals surface area (Å²) in [5.41, 5.74) is 7.92. The highest BCUT2D eigenvalue weighted by molar-refractivity contribution is 6.24. The van der Waals surface area contributed by atoms with Gasteiger partial charge >= 0.3 is 0 Å². The summed E-state index contributed by atoms with van der Waals surface area (Å²) in [5, 5.41) is 11.9. The highest BCUT2D eigenvalue weighted by Crippen LogP contribution is 2.36. The Morgan fingerprint density at radius 3 is 1.96 bits per heavy atom. The number of carbonyl (C=O) groups excluding carboxylic acids is 1. The number of rotatable bonds is 3. The minimum absolute atomic E-state index is 0.0962. The summed E-state index contributed by atoms with van der Waals surface area (Å²) in [7, 11) is 0. The van der Waals surface area contributed by atoms with Gasteiger partial charge in [-0.25, -0.2) is 0 Å². The van der Waals surface area contributed by atoms with E-state index in [1.807, 2.05) is 55.5 Å². The molecule has 3 aromatic rings. The summed E-state index contributed by atoms with van der Waals surface area (Å²) in [6, 6.07) is 24.1. The van der Waals surface area contributed by atoms with Crippen LogP contribution in [0.3, 0.4) is 0 Å². The van der Waals surface area contributed by atoms with E-state index < -0.39 is 0 Å². The molecule has 4 rings (SSSR count). The molecule has 132 valence electrons. The molecule has 1 N–H and O–H groups in total. The molecule has 0 spiro atoms. The van der Waals surface area contributed by atoms with Gasteiger partial charge in [0, 0.05) is 23.7 Å². The molecule has 3 aromatic carbocycles. The number of anilines is 1. The van der Waals surface area contributed by atoms with E-state index in [1.165, 1.54) is 18.1 Å². The van der Waals surface area contributed by atoms with Crippen LogP contribution in [0.4, 0.5) is 5.69 Å². The van der Waals surface area contributed by atoms with Crippen molar-refractivity contribution in [1.29, 1.82) is 0 Å². The van der Waals surface area contributed by atoms with E-state index in [-0.39, 0.29) is 5.91 Å². The van der Waals surface area contributed by atoms with Crippen LogP contribution in [-0.4, -0.2) is 17.3 Å². The Kier molecular flexibility index (Phi) is 4.38. The minimum atomic E-state index is -0.0962. The number of nitrogens with zero attached hydrogens (tertiary/aromatic N) is 2. The van der Waals surface area contributed by atoms with Crippen molar-refractivity contribution >= 4 is 23.0 Å². The molecule has 1 amide bonds. The number of benzene rings is 3. The van der Waals surface area contributed by atoms with Crippen molar-refractivity contribution in [3.63, 3.8) is 0 Å². The summed E-state index contributed by atoms with van der Waals surface area (Å²) < 4.78 is 0. The highest BCUT2D eigenvalue weighted by Gasteiger charge is 2.23. The zero-order valence-corrected chi connectivity index (χ0v) is 15.2. The lowest BCUT2D eigenvalue weighted by Crippen LogP contribution is -2.06. The Balaban J connectivity index is 1.73. The fourth-order valence-corrected chi connectivity index (χ4v) is 3.31. The molecule has 0 radical (unpaired) electrons. The van der Waals surface area contributed by atoms with E-state index >= 15 is 0 Å². The van der Waals surface area contributed by atoms with Crippen LogP contribution in [0, 0.1) is 0 Å². The summed E-state index contributed by atoms with van der Waals surface area (Å²) in [4.78, 5) is 11.3. The molecular formula is C23H19N3O. The molecule has 0 fully saturated rings. The molecule has 0 atom stereocenters. The third-order valence-electron chi connectivity index (χ3n) is 4.56. The van der Waals surface area contributed by atoms with Gasteiger partial charge in [0.1, 0.15) is 5.71 Å². The predicted octanol–water partition coefficient (Wildman–Crippen LogP) is 4.89. The van der Waals surface area contributed by atoms with E-state index in [0.717, 1.165) is 33.8 Å². The standard InChI is InChI=1S/C23H19N3O/c1-15(17-8-7-9-18(14-17)24-16(2)27)25-26-23-21-12-5-3-10-19(21)20-11-4-6-13-22(20)23/h3-14H,1-2H3,(H,24,27)/b25-15-. The van der Waals surface area contributed by atoms with Crippen LogP contribution in [0.1, 0.15) is 30.5 Å². The van der Waals surface area contributed by atoms with Crippen molar-refractivity contribution in [2.45, 2.75) is 13.8 Å². The number of hydrogen-bond acceptors (Lipinski definition) is 3. The van der Waals surface area contributed by atoms with Crippen LogP contribution in [-0.2, 0) is 4.79 Å². The predicted molar refractivity (Wildman–Crippen MR) is 110 cm³/mol. The molecule has 0 saturated carbocycles. The lowest BCUT2D eigenvalue weighted by molar-refractivity contribution is -0.114. The molecule has 1 aliphatic carbocycles. The maximum Gasteiger partial charge on any atom is 0.221 e. The van der Waals surface area contributed by atoms with Gasteiger partial charge in [0.2, 0.25) is 5.91 Å². The van der Waals surface area contributed by atoms with E-state index in [0.29, 0.717) is 0 Å². The molecule has 0 saturated heterocycles. The quantitative estimate of drug-likeness (QED) is 0.414. The zero-order valence-electron chi connectivity index (χ0n) is 15.2. The van der Waals surface area contributed by atoms with E-state index in [4.69, 9.17) is 0 Å². The zero-order chi connectivity index (χ0) is 18.8. The molecule has 27 heavy (non-hydrogen) atoms. The average Bonchev–Trinajstić information content (AvgIpc) is 3.00. The first-order valence-corrected chi connectivity index (χ1v) is 8.83. The molecule has 0 unspecified atom stereocenters. The fraction of sp³-hybridized carbons (Fsp3) is 0.0870. The van der Waals surface area contributed by atoms with E-state index in [9.17, 15) is 4.79 Å². The average molecular weight is 353 g/mol. The SMILES string of the molecule is CC(=O)Nc1cccc(/C(C)=N\N=C2c3ccccc3-c3ccccc32)c1. The van der Waals surface area contributed by atoms with Crippen molar-refractivity contribution in [1.82, 2.24) is 0 Å². The van der Waals surface area contributed by atoms with Gasteiger partial charge in [-0.05, 0) is 35.7 Å². The number of hydrogen-bond donors (Lipinski definition) is 1. The molecule has 0 aromatic heterocycles. The van der Waals surface area contributed by atoms with Gasteiger partial charge in [0.05, 0.1) is 5.71 Å². The first-order chi connectivity index (χ1) is 13.1. The van der Waals surface area contributed by atoms with Gasteiger partial charge in [-0.3, -0.25) is 4.79 Å². The van der Waals surface area contributed by atoms with Crippen molar-refractivity contribution in [3.8, 4) is 11.1 Å². The van der Waals surface area contributed by atoms with E-state index in [1.54, 1.807) is 0 Å². The maximum atomic E-state index is 11.3. The Labute approximate surface area is 158 Å². The van der Waals surface area contributed by atoms with E-state index in [2.05, 4.69) is 39.8 Å². The summed E-state index contributed by atoms with van der Waals surface area (Å²) in [6.07, 6.45) is 0. The summed E-state index contributed by atoms with van der Waals surface area (Å²) in [6.45, 7) is 3.41. The number of nitrogens with one attached hydrogen (secondary N) is 1. The lowest BCUT2D eigenvalue weighted by Gasteiger charge is -2.05. The highest BCUT2D eigenvalue weighted by atomic mass is 16.1. The Hall–Kier alpha value is -3.53. The van der Waals surface area contributed by atoms with Crippen LogP contribution >= 0.6 is 0 Å². The second-order valence-electron chi connectivity index (χ2n) is 6.49. The van der Waals surface area contributed by atoms with Gasteiger partial charge < -0.3 is 5.32 Å². The number of fused-ring (bicyclic) bond motifs is 3. The van der Waals surface area contributed by atoms with Crippen molar-refractivity contribution in [3.05, 3.63) is 89.5 Å². The third kappa shape index (κ3) is 3.29. The second kappa shape index (κ2) is 7.00. The Bertz CT molecular complexity index is 1050. The normalized spacial score (nSPS) is 12.4. The monoisotopic (exact) mass is 353 g/mol. The third-order valence-corrected chi connectivity index (χ3v) is 4.56. The lowest BCUT2D eigenvalue weighted by atomic mass is 10.1. The van der Waals surface area contributed by atoms with Gasteiger partial charge in [0.25, 0.3) is 0 Å². The van der Waals surface area contributed by atoms with Crippen LogP contribution in [0.5, 0.6) is 0 Å². The van der Waals surface area contributed by atoms with Crippen LogP contribution in [0.25, 0.3) is 11.1 Å². The molecular weight excluding hydrogens is 334 g/mol. The molecule has 1 aliphatic rings. The van der Waals surface area contributed by atoms with Gasteiger partial charge in [0.15, 0.2) is 0 Å². The summed E-state index contributed by atoms with van der Waals surface area (Å²) in [5.74, 6) is -0.0962. The number of carbonyl (C=O) groups is 1. The molecule has 0 bridgehead atoms. The Morgan fingerprint density at radius 1 is 0.778 bits per heavy atom. The number of amides is 1. The first-order valence-electron chi connectivity index (χ1n) is 8.83. The first kappa shape index (κ1) is 16.9. The van der Waals surface area contributed by atoms with Crippen LogP contribution < -0.4 is 5.32 Å². The van der Waals surface area contributed by atoms with Gasteiger partial charge in [-0.15, -0.1) is 5.10 Å². The minimum Gasteiger partial charge on any atom is -0.326 e. The van der Waals surface area contributed by atoms with Crippen molar-refractivity contribution in [2.24, 2.45) is 10.2 Å². The largest absolute Gasteiger partial charge is 0.326 e. The molecule has 4 heteroatoms. The fourth-order valence-electron chi connectivity index (χ4n) is 3.31. The molecule has 0 aliphatic heterocycles. The second-order valence-corrected chi connectivity index (χ2v) is 6.49. The van der Waals surface area contributed by atoms with Crippen LogP contribution in [0.15, 0.2) is 83.0 Å². The molecule has 0 heterocycles. The van der Waals surface area contributed by atoms with Crippen molar-refractivity contribution in [2.75, 3.05) is 5.32 Å².